The lowest BCUT2D eigenvalue weighted by atomic mass is 10.2. The van der Waals surface area contributed by atoms with Crippen molar-refractivity contribution in [3.8, 4) is 0 Å². The fourth-order valence-corrected chi connectivity index (χ4v) is 1.25. The van der Waals surface area contributed by atoms with Crippen molar-refractivity contribution < 1.29 is 14.3 Å². The summed E-state index contributed by atoms with van der Waals surface area (Å²) in [6.07, 6.45) is 0. The predicted molar refractivity (Wildman–Crippen MR) is 60.1 cm³/mol. The third-order valence-corrected chi connectivity index (χ3v) is 2.08. The molecule has 0 heterocycles. The van der Waals surface area contributed by atoms with Crippen molar-refractivity contribution in [2.45, 2.75) is 13.0 Å². The number of amides is 1. The average molecular weight is 222 g/mol. The molecule has 1 aromatic carbocycles. The maximum atomic E-state index is 11.2. The highest BCUT2D eigenvalue weighted by Crippen LogP contribution is 2.11. The van der Waals surface area contributed by atoms with Gasteiger partial charge >= 0.3 is 5.97 Å². The Morgan fingerprint density at radius 2 is 2.12 bits per heavy atom. The van der Waals surface area contributed by atoms with Crippen LogP contribution in [0, 0.1) is 0 Å². The number of nitrogens with one attached hydrogen (secondary N) is 1. The van der Waals surface area contributed by atoms with E-state index in [9.17, 15) is 9.59 Å². The molecular formula is C11H14N2O3. The summed E-state index contributed by atoms with van der Waals surface area (Å²) in [7, 11) is 1.32. The molecule has 5 heteroatoms. The number of ether oxygens (including phenoxy) is 1. The highest BCUT2D eigenvalue weighted by atomic mass is 16.5. The van der Waals surface area contributed by atoms with Crippen LogP contribution in [0.5, 0.6) is 0 Å². The van der Waals surface area contributed by atoms with Gasteiger partial charge in [-0.2, -0.15) is 0 Å². The zero-order valence-corrected chi connectivity index (χ0v) is 9.19. The van der Waals surface area contributed by atoms with Crippen molar-refractivity contribution in [2.75, 3.05) is 12.4 Å². The van der Waals surface area contributed by atoms with Gasteiger partial charge in [-0.15, -0.1) is 0 Å². The summed E-state index contributed by atoms with van der Waals surface area (Å²) in [4.78, 5) is 22.1. The molecule has 3 N–H and O–H groups in total. The van der Waals surface area contributed by atoms with Crippen LogP contribution in [0.1, 0.15) is 17.3 Å². The molecule has 0 fully saturated rings. The summed E-state index contributed by atoms with van der Waals surface area (Å²) in [5.41, 5.74) is 6.18. The molecule has 0 spiro atoms. The minimum atomic E-state index is -0.505. The molecule has 0 aliphatic carbocycles. The van der Waals surface area contributed by atoms with Gasteiger partial charge in [0.25, 0.3) is 0 Å². The van der Waals surface area contributed by atoms with Crippen LogP contribution in [0.2, 0.25) is 0 Å². The summed E-state index contributed by atoms with van der Waals surface area (Å²) in [5.74, 6) is -0.876. The third-order valence-electron chi connectivity index (χ3n) is 2.08. The van der Waals surface area contributed by atoms with Crippen LogP contribution in [0.4, 0.5) is 5.69 Å². The molecule has 0 aliphatic rings. The van der Waals surface area contributed by atoms with Crippen LogP contribution in [-0.4, -0.2) is 25.0 Å². The second-order valence-electron chi connectivity index (χ2n) is 3.33. The van der Waals surface area contributed by atoms with Crippen molar-refractivity contribution in [3.05, 3.63) is 29.8 Å². The van der Waals surface area contributed by atoms with E-state index in [0.717, 1.165) is 0 Å². The molecule has 1 atom stereocenters. The number of carbonyl (C=O) groups is 2. The first-order valence-electron chi connectivity index (χ1n) is 4.79. The van der Waals surface area contributed by atoms with Gasteiger partial charge in [-0.25, -0.2) is 4.79 Å². The van der Waals surface area contributed by atoms with Crippen molar-refractivity contribution in [2.24, 2.45) is 5.73 Å². The lowest BCUT2D eigenvalue weighted by molar-refractivity contribution is -0.141. The summed E-state index contributed by atoms with van der Waals surface area (Å²) in [5, 5.41) is 2.91. The number of carbonyl (C=O) groups excluding carboxylic acids is 2. The first-order valence-corrected chi connectivity index (χ1v) is 4.79. The maximum Gasteiger partial charge on any atom is 0.327 e. The number of nitrogens with two attached hydrogens (primary N) is 1. The van der Waals surface area contributed by atoms with Gasteiger partial charge < -0.3 is 15.8 Å². The molecule has 0 aromatic heterocycles. The number of anilines is 1. The lowest BCUT2D eigenvalue weighted by Crippen LogP contribution is -2.27. The molecule has 16 heavy (non-hydrogen) atoms. The van der Waals surface area contributed by atoms with E-state index in [2.05, 4.69) is 10.1 Å². The van der Waals surface area contributed by atoms with Gasteiger partial charge in [0.1, 0.15) is 6.04 Å². The average Bonchev–Trinajstić information content (AvgIpc) is 2.28. The maximum absolute atomic E-state index is 11.2. The predicted octanol–water partition coefficient (Wildman–Crippen LogP) is 0.759. The number of esters is 1. The standard InChI is InChI=1S/C11H14N2O3/c1-7(11(15)16-2)13-9-5-3-4-8(6-9)10(12)14/h3-7,13H,1-2H3,(H2,12,14). The molecule has 0 bridgehead atoms. The van der Waals surface area contributed by atoms with E-state index in [1.165, 1.54) is 7.11 Å². The van der Waals surface area contributed by atoms with E-state index in [0.29, 0.717) is 11.3 Å². The van der Waals surface area contributed by atoms with Crippen molar-refractivity contribution in [1.82, 2.24) is 0 Å². The molecule has 0 radical (unpaired) electrons. The minimum Gasteiger partial charge on any atom is -0.467 e. The van der Waals surface area contributed by atoms with Crippen LogP contribution in [0.15, 0.2) is 24.3 Å². The van der Waals surface area contributed by atoms with E-state index in [1.807, 2.05) is 0 Å². The Bertz CT molecular complexity index is 404. The Labute approximate surface area is 93.6 Å². The monoisotopic (exact) mass is 222 g/mol. The first kappa shape index (κ1) is 12.0. The molecular weight excluding hydrogens is 208 g/mol. The SMILES string of the molecule is COC(=O)C(C)Nc1cccc(C(N)=O)c1. The topological polar surface area (TPSA) is 81.4 Å². The summed E-state index contributed by atoms with van der Waals surface area (Å²) in [6, 6.07) is 6.14. The van der Waals surface area contributed by atoms with Gasteiger partial charge in [0, 0.05) is 11.3 Å². The van der Waals surface area contributed by atoms with Gasteiger partial charge in [0.2, 0.25) is 5.91 Å². The van der Waals surface area contributed by atoms with Gasteiger partial charge in [-0.05, 0) is 25.1 Å². The van der Waals surface area contributed by atoms with Crippen LogP contribution >= 0.6 is 0 Å². The van der Waals surface area contributed by atoms with Crippen molar-refractivity contribution >= 4 is 17.6 Å². The summed E-state index contributed by atoms with van der Waals surface area (Å²) in [6.45, 7) is 1.67. The fourth-order valence-electron chi connectivity index (χ4n) is 1.25. The Hall–Kier alpha value is -2.04. The second-order valence-corrected chi connectivity index (χ2v) is 3.33. The number of methoxy groups -OCH3 is 1. The molecule has 0 aliphatic heterocycles. The van der Waals surface area contributed by atoms with Crippen LogP contribution in [-0.2, 0) is 9.53 Å². The third kappa shape index (κ3) is 2.98. The highest BCUT2D eigenvalue weighted by molar-refractivity contribution is 5.93. The second kappa shape index (κ2) is 5.16. The normalized spacial score (nSPS) is 11.6. The highest BCUT2D eigenvalue weighted by Gasteiger charge is 2.12. The molecule has 1 unspecified atom stereocenters. The zero-order chi connectivity index (χ0) is 12.1. The Morgan fingerprint density at radius 3 is 2.69 bits per heavy atom. The molecule has 1 amide bonds. The van der Waals surface area contributed by atoms with E-state index < -0.39 is 11.9 Å². The number of hydrogen-bond acceptors (Lipinski definition) is 4. The quantitative estimate of drug-likeness (QED) is 0.737. The van der Waals surface area contributed by atoms with Crippen LogP contribution < -0.4 is 11.1 Å². The van der Waals surface area contributed by atoms with E-state index in [4.69, 9.17) is 5.73 Å². The van der Waals surface area contributed by atoms with Crippen LogP contribution in [0.25, 0.3) is 0 Å². The van der Waals surface area contributed by atoms with Crippen molar-refractivity contribution in [1.29, 1.82) is 0 Å². The molecule has 1 aromatic rings. The van der Waals surface area contributed by atoms with Gasteiger partial charge in [-0.3, -0.25) is 4.79 Å². The number of rotatable bonds is 4. The van der Waals surface area contributed by atoms with Crippen LogP contribution in [0.3, 0.4) is 0 Å². The largest absolute Gasteiger partial charge is 0.467 e. The van der Waals surface area contributed by atoms with Crippen molar-refractivity contribution in [3.63, 3.8) is 0 Å². The van der Waals surface area contributed by atoms with Gasteiger partial charge in [0.15, 0.2) is 0 Å². The molecule has 0 saturated carbocycles. The smallest absolute Gasteiger partial charge is 0.327 e. The van der Waals surface area contributed by atoms with E-state index in [-0.39, 0.29) is 5.97 Å². The first-order chi connectivity index (χ1) is 7.54. The fraction of sp³-hybridized carbons (Fsp3) is 0.273. The summed E-state index contributed by atoms with van der Waals surface area (Å²) >= 11 is 0. The number of primary amides is 1. The molecule has 86 valence electrons. The minimum absolute atomic E-state index is 0.371. The summed E-state index contributed by atoms with van der Waals surface area (Å²) < 4.78 is 4.57. The molecule has 0 saturated heterocycles. The Kier molecular flexibility index (Phi) is 3.88. The van der Waals surface area contributed by atoms with E-state index in [1.54, 1.807) is 31.2 Å². The Balaban J connectivity index is 2.78. The molecule has 5 nitrogen and oxygen atoms in total. The lowest BCUT2D eigenvalue weighted by Gasteiger charge is -2.13. The number of hydrogen-bond donors (Lipinski definition) is 2. The molecule has 1 rings (SSSR count). The zero-order valence-electron chi connectivity index (χ0n) is 9.19. The number of benzene rings is 1. The van der Waals surface area contributed by atoms with E-state index >= 15 is 0 Å². The Morgan fingerprint density at radius 1 is 1.44 bits per heavy atom. The van der Waals surface area contributed by atoms with Gasteiger partial charge in [0.05, 0.1) is 7.11 Å². The van der Waals surface area contributed by atoms with Gasteiger partial charge in [-0.1, -0.05) is 6.07 Å².